The molecule has 0 radical (unpaired) electrons. The van der Waals surface area contributed by atoms with Crippen molar-refractivity contribution in [2.45, 2.75) is 38.4 Å². The molecular weight excluding hydrogens is 420 g/mol. The molecule has 3 heterocycles. The van der Waals surface area contributed by atoms with E-state index < -0.39 is 12.1 Å². The van der Waals surface area contributed by atoms with Crippen LogP contribution >= 0.6 is 11.6 Å². The van der Waals surface area contributed by atoms with Crippen LogP contribution in [-0.4, -0.2) is 43.4 Å². The van der Waals surface area contributed by atoms with Gasteiger partial charge in [0, 0.05) is 17.6 Å². The Hall–Kier alpha value is -3.46. The van der Waals surface area contributed by atoms with Crippen molar-refractivity contribution in [1.82, 2.24) is 30.1 Å². The number of aromatic nitrogens is 3. The van der Waals surface area contributed by atoms with Crippen LogP contribution < -0.4 is 10.6 Å². The predicted octanol–water partition coefficient (Wildman–Crippen LogP) is 2.46. The molecule has 0 saturated carbocycles. The van der Waals surface area contributed by atoms with E-state index in [0.717, 1.165) is 10.5 Å². The summed E-state index contributed by atoms with van der Waals surface area (Å²) in [7, 11) is 0. The zero-order valence-corrected chi connectivity index (χ0v) is 17.5. The summed E-state index contributed by atoms with van der Waals surface area (Å²) in [4.78, 5) is 38.4. The van der Waals surface area contributed by atoms with Crippen molar-refractivity contribution < 1.29 is 14.4 Å². The highest BCUT2D eigenvalue weighted by molar-refractivity contribution is 6.30. The number of amides is 4. The minimum Gasteiger partial charge on any atom is -0.346 e. The summed E-state index contributed by atoms with van der Waals surface area (Å²) in [6, 6.07) is 11.0. The van der Waals surface area contributed by atoms with E-state index in [-0.39, 0.29) is 37.2 Å². The van der Waals surface area contributed by atoms with Gasteiger partial charge < -0.3 is 10.6 Å². The molecule has 160 valence electrons. The number of nitrogens with zero attached hydrogens (tertiary/aromatic N) is 4. The van der Waals surface area contributed by atoms with Crippen molar-refractivity contribution >= 4 is 35.1 Å². The summed E-state index contributed by atoms with van der Waals surface area (Å²) < 4.78 is 1.80. The third kappa shape index (κ3) is 4.51. The van der Waals surface area contributed by atoms with Gasteiger partial charge in [0.15, 0.2) is 11.5 Å². The minimum absolute atomic E-state index is 0.0861. The molecule has 1 aliphatic heterocycles. The van der Waals surface area contributed by atoms with Gasteiger partial charge in [0.05, 0.1) is 12.6 Å². The van der Waals surface area contributed by atoms with E-state index in [1.807, 2.05) is 31.3 Å². The van der Waals surface area contributed by atoms with E-state index in [4.69, 9.17) is 11.6 Å². The second kappa shape index (κ2) is 8.73. The number of rotatable bonds is 7. The molecule has 1 aliphatic rings. The van der Waals surface area contributed by atoms with Gasteiger partial charge in [-0.3, -0.25) is 18.9 Å². The number of urea groups is 1. The number of benzene rings is 1. The summed E-state index contributed by atoms with van der Waals surface area (Å²) >= 11 is 5.97. The maximum Gasteiger partial charge on any atom is 0.325 e. The van der Waals surface area contributed by atoms with E-state index in [1.54, 1.807) is 28.7 Å². The summed E-state index contributed by atoms with van der Waals surface area (Å²) in [5, 5.41) is 14.3. The first-order valence-electron chi connectivity index (χ1n) is 9.87. The Balaban J connectivity index is 1.32. The maximum atomic E-state index is 12.6. The fourth-order valence-corrected chi connectivity index (χ4v) is 3.76. The van der Waals surface area contributed by atoms with Crippen LogP contribution in [0.25, 0.3) is 5.65 Å². The minimum atomic E-state index is -0.735. The molecule has 3 aromatic rings. The number of carbonyl (C=O) groups excluding carboxylic acids is 3. The average Bonchev–Trinajstić information content (AvgIpc) is 3.29. The Morgan fingerprint density at radius 3 is 2.87 bits per heavy atom. The highest BCUT2D eigenvalue weighted by atomic mass is 35.5. The Labute approximate surface area is 183 Å². The molecular formula is C21H21ClN6O3. The van der Waals surface area contributed by atoms with Crippen LogP contribution in [0.1, 0.15) is 37.2 Å². The molecule has 4 amide bonds. The Kier molecular flexibility index (Phi) is 5.85. The molecule has 0 bridgehead atoms. The van der Waals surface area contributed by atoms with Gasteiger partial charge in [-0.1, -0.05) is 29.8 Å². The highest BCUT2D eigenvalue weighted by Crippen LogP contribution is 2.18. The van der Waals surface area contributed by atoms with E-state index in [9.17, 15) is 14.4 Å². The quantitative estimate of drug-likeness (QED) is 0.548. The monoisotopic (exact) mass is 440 g/mol. The predicted molar refractivity (Wildman–Crippen MR) is 113 cm³/mol. The average molecular weight is 441 g/mol. The lowest BCUT2D eigenvalue weighted by Crippen LogP contribution is -2.33. The van der Waals surface area contributed by atoms with Gasteiger partial charge in [0.2, 0.25) is 5.91 Å². The molecule has 4 rings (SSSR count). The Morgan fingerprint density at radius 2 is 2.06 bits per heavy atom. The zero-order chi connectivity index (χ0) is 22.0. The molecule has 31 heavy (non-hydrogen) atoms. The molecule has 2 N–H and O–H groups in total. The molecule has 0 spiro atoms. The normalized spacial score (nSPS) is 17.1. The summed E-state index contributed by atoms with van der Waals surface area (Å²) in [6.45, 7) is 1.95. The fraction of sp³-hybridized carbons (Fsp3) is 0.286. The van der Waals surface area contributed by atoms with E-state index in [1.165, 1.54) is 0 Å². The first kappa shape index (κ1) is 20.8. The van der Waals surface area contributed by atoms with Crippen LogP contribution in [0.5, 0.6) is 0 Å². The van der Waals surface area contributed by atoms with Crippen LogP contribution in [-0.2, 0) is 16.1 Å². The molecule has 0 unspecified atom stereocenters. The van der Waals surface area contributed by atoms with E-state index in [0.29, 0.717) is 16.5 Å². The molecule has 2 aromatic heterocycles. The summed E-state index contributed by atoms with van der Waals surface area (Å²) in [6.07, 6.45) is 2.12. The van der Waals surface area contributed by atoms with Gasteiger partial charge >= 0.3 is 6.03 Å². The molecule has 9 nitrogen and oxygen atoms in total. The topological polar surface area (TPSA) is 109 Å². The second-order valence-electron chi connectivity index (χ2n) is 7.37. The second-order valence-corrected chi connectivity index (χ2v) is 7.81. The number of nitrogens with one attached hydrogen (secondary N) is 2. The molecule has 10 heteroatoms. The van der Waals surface area contributed by atoms with Gasteiger partial charge in [-0.2, -0.15) is 0 Å². The van der Waals surface area contributed by atoms with Crippen LogP contribution in [0.15, 0.2) is 48.7 Å². The van der Waals surface area contributed by atoms with Crippen molar-refractivity contribution in [1.29, 1.82) is 0 Å². The number of fused-ring (bicyclic) bond motifs is 1. The molecule has 1 fully saturated rings. The molecule has 2 atom stereocenters. The maximum absolute atomic E-state index is 12.6. The van der Waals surface area contributed by atoms with Crippen LogP contribution in [0, 0.1) is 0 Å². The van der Waals surface area contributed by atoms with Crippen LogP contribution in [0.3, 0.4) is 0 Å². The summed E-state index contributed by atoms with van der Waals surface area (Å²) in [5.41, 5.74) is 1.45. The van der Waals surface area contributed by atoms with Crippen molar-refractivity contribution in [3.05, 3.63) is 65.1 Å². The zero-order valence-electron chi connectivity index (χ0n) is 16.8. The number of hydrogen-bond donors (Lipinski definition) is 2. The number of hydrogen-bond acceptors (Lipinski definition) is 5. The van der Waals surface area contributed by atoms with Crippen molar-refractivity contribution in [2.75, 3.05) is 0 Å². The number of halogens is 1. The van der Waals surface area contributed by atoms with Crippen molar-refractivity contribution in [3.63, 3.8) is 0 Å². The van der Waals surface area contributed by atoms with Gasteiger partial charge in [-0.05, 0) is 43.2 Å². The van der Waals surface area contributed by atoms with E-state index >= 15 is 0 Å². The number of pyridine rings is 1. The largest absolute Gasteiger partial charge is 0.346 e. The molecule has 0 aliphatic carbocycles. The first-order chi connectivity index (χ1) is 14.9. The third-order valence-corrected chi connectivity index (χ3v) is 5.34. The van der Waals surface area contributed by atoms with Gasteiger partial charge in [0.25, 0.3) is 5.91 Å². The lowest BCUT2D eigenvalue weighted by Gasteiger charge is -2.14. The molecule has 1 aromatic carbocycles. The SMILES string of the molecule is C[C@H](NC(=O)CC[C@@H]1NC(=O)N(Cc2cccc(Cl)c2)C1=O)c1nnc2ccccn12. The first-order valence-corrected chi connectivity index (χ1v) is 10.3. The molecule has 1 saturated heterocycles. The standard InChI is InChI=1S/C21H21ClN6O3/c1-13(19-26-25-17-7-2-3-10-27(17)19)23-18(29)9-8-16-20(30)28(21(31)24-16)12-14-5-4-6-15(22)11-14/h2-7,10-11,13,16H,8-9,12H2,1H3,(H,23,29)(H,24,31)/t13-,16-/m0/s1. The van der Waals surface area contributed by atoms with Crippen molar-refractivity contribution in [3.8, 4) is 0 Å². The third-order valence-electron chi connectivity index (χ3n) is 5.10. The smallest absolute Gasteiger partial charge is 0.325 e. The Bertz CT molecular complexity index is 1150. The number of imide groups is 1. The summed E-state index contributed by atoms with van der Waals surface area (Å²) in [5.74, 6) is 0.0201. The Morgan fingerprint density at radius 1 is 1.23 bits per heavy atom. The number of carbonyl (C=O) groups is 3. The lowest BCUT2D eigenvalue weighted by atomic mass is 10.1. The van der Waals surface area contributed by atoms with Gasteiger partial charge in [-0.15, -0.1) is 10.2 Å². The van der Waals surface area contributed by atoms with E-state index in [2.05, 4.69) is 20.8 Å². The van der Waals surface area contributed by atoms with Crippen LogP contribution in [0.2, 0.25) is 5.02 Å². The van der Waals surface area contributed by atoms with Gasteiger partial charge in [0.1, 0.15) is 6.04 Å². The fourth-order valence-electron chi connectivity index (χ4n) is 3.55. The lowest BCUT2D eigenvalue weighted by molar-refractivity contribution is -0.128. The van der Waals surface area contributed by atoms with Crippen molar-refractivity contribution in [2.24, 2.45) is 0 Å². The highest BCUT2D eigenvalue weighted by Gasteiger charge is 2.37. The van der Waals surface area contributed by atoms with Gasteiger partial charge in [-0.25, -0.2) is 4.79 Å². The van der Waals surface area contributed by atoms with Crippen LogP contribution in [0.4, 0.5) is 4.79 Å².